The van der Waals surface area contributed by atoms with Crippen LogP contribution in [0.2, 0.25) is 0 Å². The van der Waals surface area contributed by atoms with E-state index in [0.29, 0.717) is 19.7 Å². The van der Waals surface area contributed by atoms with Crippen molar-refractivity contribution in [3.63, 3.8) is 0 Å². The van der Waals surface area contributed by atoms with Crippen molar-refractivity contribution in [3.8, 4) is 11.5 Å². The predicted molar refractivity (Wildman–Crippen MR) is 119 cm³/mol. The van der Waals surface area contributed by atoms with Crippen molar-refractivity contribution in [2.24, 2.45) is 4.99 Å². The zero-order valence-electron chi connectivity index (χ0n) is 17.8. The number of nitrogens with zero attached hydrogens (tertiary/aromatic N) is 3. The number of benzene rings is 2. The molecule has 0 bridgehead atoms. The highest BCUT2D eigenvalue weighted by molar-refractivity contribution is 5.79. The van der Waals surface area contributed by atoms with Gasteiger partial charge in [0, 0.05) is 32.5 Å². The van der Waals surface area contributed by atoms with Crippen molar-refractivity contribution < 1.29 is 9.47 Å². The molecule has 0 aliphatic rings. The standard InChI is InChI=1S/C23H29N5O2/c1-4-30-22-14-18(10-11-21(22)29-3)15-25-23(24-2)26-16-19-8-5-6-9-20(19)17-28-13-7-12-27-28/h5-14H,4,15-17H2,1-3H3,(H2,24,25,26). The minimum atomic E-state index is 0.592. The first kappa shape index (κ1) is 21.2. The number of ether oxygens (including phenoxy) is 2. The fourth-order valence-electron chi connectivity index (χ4n) is 3.14. The van der Waals surface area contributed by atoms with Crippen LogP contribution in [0.5, 0.6) is 11.5 Å². The third-order valence-corrected chi connectivity index (χ3v) is 4.67. The minimum Gasteiger partial charge on any atom is -0.493 e. The van der Waals surface area contributed by atoms with Gasteiger partial charge in [-0.1, -0.05) is 30.3 Å². The Balaban J connectivity index is 1.59. The van der Waals surface area contributed by atoms with Crippen LogP contribution in [0.1, 0.15) is 23.6 Å². The first-order valence-electron chi connectivity index (χ1n) is 10.0. The molecule has 0 amide bonds. The molecule has 0 fully saturated rings. The van der Waals surface area contributed by atoms with Crippen LogP contribution in [0.25, 0.3) is 0 Å². The number of guanidine groups is 1. The largest absolute Gasteiger partial charge is 0.493 e. The molecule has 0 aliphatic heterocycles. The summed E-state index contributed by atoms with van der Waals surface area (Å²) in [6, 6.07) is 16.2. The molecular weight excluding hydrogens is 378 g/mol. The summed E-state index contributed by atoms with van der Waals surface area (Å²) in [5, 5.41) is 11.0. The number of aliphatic imine (C=N–C) groups is 1. The summed E-state index contributed by atoms with van der Waals surface area (Å²) in [5.41, 5.74) is 3.51. The second-order valence-electron chi connectivity index (χ2n) is 6.67. The van der Waals surface area contributed by atoms with Crippen LogP contribution < -0.4 is 20.1 Å². The quantitative estimate of drug-likeness (QED) is 0.421. The van der Waals surface area contributed by atoms with Crippen molar-refractivity contribution in [2.75, 3.05) is 20.8 Å². The molecule has 3 rings (SSSR count). The molecule has 0 atom stereocenters. The van der Waals surface area contributed by atoms with E-state index in [1.165, 1.54) is 11.1 Å². The van der Waals surface area contributed by atoms with Crippen molar-refractivity contribution in [2.45, 2.75) is 26.6 Å². The number of hydrogen-bond acceptors (Lipinski definition) is 4. The molecular formula is C23H29N5O2. The zero-order valence-corrected chi connectivity index (χ0v) is 17.8. The molecule has 7 nitrogen and oxygen atoms in total. The Morgan fingerprint density at radius 2 is 1.83 bits per heavy atom. The maximum Gasteiger partial charge on any atom is 0.191 e. The van der Waals surface area contributed by atoms with Crippen molar-refractivity contribution in [3.05, 3.63) is 77.6 Å². The van der Waals surface area contributed by atoms with Crippen LogP contribution in [0.15, 0.2) is 65.9 Å². The third-order valence-electron chi connectivity index (χ3n) is 4.67. The van der Waals surface area contributed by atoms with Gasteiger partial charge in [0.1, 0.15) is 0 Å². The molecule has 1 heterocycles. The predicted octanol–water partition coefficient (Wildman–Crippen LogP) is 3.20. The maximum absolute atomic E-state index is 5.66. The van der Waals surface area contributed by atoms with Gasteiger partial charge in [-0.15, -0.1) is 0 Å². The summed E-state index contributed by atoms with van der Waals surface area (Å²) < 4.78 is 12.9. The molecule has 0 saturated heterocycles. The summed E-state index contributed by atoms with van der Waals surface area (Å²) >= 11 is 0. The molecule has 2 aromatic carbocycles. The summed E-state index contributed by atoms with van der Waals surface area (Å²) in [4.78, 5) is 4.34. The Morgan fingerprint density at radius 1 is 1.03 bits per heavy atom. The lowest BCUT2D eigenvalue weighted by Crippen LogP contribution is -2.36. The topological polar surface area (TPSA) is 72.7 Å². The molecule has 0 saturated carbocycles. The van der Waals surface area contributed by atoms with Gasteiger partial charge in [0.2, 0.25) is 0 Å². The van der Waals surface area contributed by atoms with Gasteiger partial charge < -0.3 is 20.1 Å². The first-order chi connectivity index (χ1) is 14.7. The third kappa shape index (κ3) is 5.76. The van der Waals surface area contributed by atoms with Crippen LogP contribution >= 0.6 is 0 Å². The fourth-order valence-corrected chi connectivity index (χ4v) is 3.14. The number of nitrogens with one attached hydrogen (secondary N) is 2. The van der Waals surface area contributed by atoms with Crippen molar-refractivity contribution >= 4 is 5.96 Å². The SMILES string of the molecule is CCOc1cc(CNC(=NC)NCc2ccccc2Cn2cccn2)ccc1OC. The number of methoxy groups -OCH3 is 1. The number of hydrogen-bond donors (Lipinski definition) is 2. The van der Waals surface area contributed by atoms with Gasteiger partial charge in [-0.25, -0.2) is 0 Å². The van der Waals surface area contributed by atoms with E-state index >= 15 is 0 Å². The Kier molecular flexibility index (Phi) is 7.71. The van der Waals surface area contributed by atoms with Gasteiger partial charge >= 0.3 is 0 Å². The second kappa shape index (κ2) is 10.9. The van der Waals surface area contributed by atoms with Crippen molar-refractivity contribution in [1.82, 2.24) is 20.4 Å². The lowest BCUT2D eigenvalue weighted by Gasteiger charge is -2.15. The average Bonchev–Trinajstić information content (AvgIpc) is 3.28. The molecule has 1 aromatic heterocycles. The van der Waals surface area contributed by atoms with Gasteiger partial charge in [-0.2, -0.15) is 5.10 Å². The van der Waals surface area contributed by atoms with E-state index < -0.39 is 0 Å². The van der Waals surface area contributed by atoms with E-state index in [4.69, 9.17) is 9.47 Å². The lowest BCUT2D eigenvalue weighted by molar-refractivity contribution is 0.310. The van der Waals surface area contributed by atoms with Gasteiger partial charge in [0.25, 0.3) is 0 Å². The summed E-state index contributed by atoms with van der Waals surface area (Å²) in [6.45, 7) is 4.58. The highest BCUT2D eigenvalue weighted by Gasteiger charge is 2.07. The molecule has 0 radical (unpaired) electrons. The van der Waals surface area contributed by atoms with Gasteiger partial charge in [0.15, 0.2) is 17.5 Å². The van der Waals surface area contributed by atoms with Gasteiger partial charge in [-0.05, 0) is 41.8 Å². The molecule has 2 N–H and O–H groups in total. The molecule has 3 aromatic rings. The molecule has 158 valence electrons. The highest BCUT2D eigenvalue weighted by Crippen LogP contribution is 2.27. The fraction of sp³-hybridized carbons (Fsp3) is 0.304. The second-order valence-corrected chi connectivity index (χ2v) is 6.67. The number of aromatic nitrogens is 2. The minimum absolute atomic E-state index is 0.592. The van der Waals surface area contributed by atoms with Crippen LogP contribution in [-0.4, -0.2) is 36.5 Å². The van der Waals surface area contributed by atoms with E-state index in [1.54, 1.807) is 20.4 Å². The molecule has 7 heteroatoms. The van der Waals surface area contributed by atoms with E-state index in [0.717, 1.165) is 29.6 Å². The van der Waals surface area contributed by atoms with Crippen LogP contribution in [0.4, 0.5) is 0 Å². The highest BCUT2D eigenvalue weighted by atomic mass is 16.5. The summed E-state index contributed by atoms with van der Waals surface area (Å²) in [6.07, 6.45) is 3.76. The molecule has 0 spiro atoms. The zero-order chi connectivity index (χ0) is 21.2. The van der Waals surface area contributed by atoms with Gasteiger partial charge in [-0.3, -0.25) is 9.67 Å². The van der Waals surface area contributed by atoms with E-state index in [1.807, 2.05) is 48.1 Å². The molecule has 30 heavy (non-hydrogen) atoms. The smallest absolute Gasteiger partial charge is 0.191 e. The van der Waals surface area contributed by atoms with E-state index in [-0.39, 0.29) is 0 Å². The maximum atomic E-state index is 5.66. The van der Waals surface area contributed by atoms with Crippen LogP contribution in [0, 0.1) is 0 Å². The normalized spacial score (nSPS) is 11.2. The Bertz CT molecular complexity index is 954. The summed E-state index contributed by atoms with van der Waals surface area (Å²) in [7, 11) is 3.41. The monoisotopic (exact) mass is 407 g/mol. The lowest BCUT2D eigenvalue weighted by atomic mass is 10.1. The van der Waals surface area contributed by atoms with E-state index in [9.17, 15) is 0 Å². The molecule has 0 unspecified atom stereocenters. The van der Waals surface area contributed by atoms with Crippen LogP contribution in [-0.2, 0) is 19.6 Å². The average molecular weight is 408 g/mol. The number of rotatable bonds is 9. The molecule has 0 aliphatic carbocycles. The Labute approximate surface area is 177 Å². The Hall–Kier alpha value is -3.48. The Morgan fingerprint density at radius 3 is 2.53 bits per heavy atom. The van der Waals surface area contributed by atoms with Crippen LogP contribution in [0.3, 0.4) is 0 Å². The van der Waals surface area contributed by atoms with Crippen molar-refractivity contribution in [1.29, 1.82) is 0 Å². The first-order valence-corrected chi connectivity index (χ1v) is 10.0. The van der Waals surface area contributed by atoms with E-state index in [2.05, 4.69) is 38.9 Å². The van der Waals surface area contributed by atoms with Gasteiger partial charge in [0.05, 0.1) is 20.3 Å². The summed E-state index contributed by atoms with van der Waals surface area (Å²) in [5.74, 6) is 2.21.